The highest BCUT2D eigenvalue weighted by atomic mass is 16.5. The number of methoxy groups -OCH3 is 1. The largest absolute Gasteiger partial charge is 0.496 e. The third-order valence-corrected chi connectivity index (χ3v) is 5.71. The number of aryl methyl sites for hydroxylation is 1. The van der Waals surface area contributed by atoms with Crippen molar-refractivity contribution < 1.29 is 14.3 Å². The fraction of sp³-hybridized carbons (Fsp3) is 0.231. The SMILES string of the molecule is COc1ccc(C)cc1CN1C(=O)NC(Cc2ccccc2)(Cc2ccccc2)C1=O. The molecular weight excluding hydrogens is 388 g/mol. The number of carbonyl (C=O) groups is 2. The molecule has 0 radical (unpaired) electrons. The van der Waals surface area contributed by atoms with Crippen molar-refractivity contribution in [1.82, 2.24) is 10.2 Å². The zero-order valence-electron chi connectivity index (χ0n) is 17.8. The van der Waals surface area contributed by atoms with Crippen molar-refractivity contribution >= 4 is 11.9 Å². The maximum Gasteiger partial charge on any atom is 0.325 e. The standard InChI is InChI=1S/C26H26N2O3/c1-19-13-14-23(31-2)22(15-19)18-28-24(29)26(27-25(28)30,16-20-9-5-3-6-10-20)17-21-11-7-4-8-12-21/h3-15H,16-18H2,1-2H3,(H,27,30). The third kappa shape index (κ3) is 4.31. The summed E-state index contributed by atoms with van der Waals surface area (Å²) in [5.74, 6) is 0.448. The van der Waals surface area contributed by atoms with E-state index in [1.54, 1.807) is 7.11 Å². The van der Waals surface area contributed by atoms with Gasteiger partial charge in [-0.15, -0.1) is 0 Å². The van der Waals surface area contributed by atoms with Crippen molar-refractivity contribution in [1.29, 1.82) is 0 Å². The summed E-state index contributed by atoms with van der Waals surface area (Å²) in [4.78, 5) is 28.1. The summed E-state index contributed by atoms with van der Waals surface area (Å²) in [5.41, 5.74) is 2.82. The molecule has 0 spiro atoms. The van der Waals surface area contributed by atoms with E-state index in [4.69, 9.17) is 4.74 Å². The van der Waals surface area contributed by atoms with Crippen LogP contribution in [0.1, 0.15) is 22.3 Å². The molecule has 0 aromatic heterocycles. The molecule has 1 fully saturated rings. The molecule has 0 saturated carbocycles. The van der Waals surface area contributed by atoms with E-state index in [1.807, 2.05) is 85.8 Å². The number of carbonyl (C=O) groups excluding carboxylic acids is 2. The van der Waals surface area contributed by atoms with Crippen LogP contribution in [0.25, 0.3) is 0 Å². The first-order chi connectivity index (χ1) is 15.0. The highest BCUT2D eigenvalue weighted by molar-refractivity contribution is 6.07. The molecule has 3 amide bonds. The highest BCUT2D eigenvalue weighted by Crippen LogP contribution is 2.30. The normalized spacial score (nSPS) is 15.1. The lowest BCUT2D eigenvalue weighted by molar-refractivity contribution is -0.131. The van der Waals surface area contributed by atoms with E-state index >= 15 is 0 Å². The Morgan fingerprint density at radius 2 is 1.45 bits per heavy atom. The van der Waals surface area contributed by atoms with Crippen LogP contribution in [-0.4, -0.2) is 29.5 Å². The number of nitrogens with one attached hydrogen (secondary N) is 1. The second-order valence-electron chi connectivity index (χ2n) is 8.04. The van der Waals surface area contributed by atoms with Crippen LogP contribution in [0.4, 0.5) is 4.79 Å². The van der Waals surface area contributed by atoms with E-state index in [-0.39, 0.29) is 18.5 Å². The number of rotatable bonds is 7. The number of hydrogen-bond acceptors (Lipinski definition) is 3. The lowest BCUT2D eigenvalue weighted by Gasteiger charge is -2.27. The summed E-state index contributed by atoms with van der Waals surface area (Å²) in [7, 11) is 1.59. The maximum absolute atomic E-state index is 13.7. The van der Waals surface area contributed by atoms with Crippen LogP contribution in [0.5, 0.6) is 5.75 Å². The van der Waals surface area contributed by atoms with Gasteiger partial charge in [-0.05, 0) is 24.1 Å². The van der Waals surface area contributed by atoms with Crippen molar-refractivity contribution in [3.63, 3.8) is 0 Å². The van der Waals surface area contributed by atoms with E-state index in [9.17, 15) is 9.59 Å². The van der Waals surface area contributed by atoms with Crippen molar-refractivity contribution in [2.45, 2.75) is 31.8 Å². The molecule has 158 valence electrons. The van der Waals surface area contributed by atoms with Gasteiger partial charge < -0.3 is 10.1 Å². The van der Waals surface area contributed by atoms with Gasteiger partial charge in [-0.25, -0.2) is 4.79 Å². The van der Waals surface area contributed by atoms with Gasteiger partial charge in [-0.1, -0.05) is 78.4 Å². The number of amides is 3. The molecule has 31 heavy (non-hydrogen) atoms. The van der Waals surface area contributed by atoms with E-state index in [1.165, 1.54) is 4.90 Å². The Kier molecular flexibility index (Phi) is 5.76. The van der Waals surface area contributed by atoms with E-state index in [0.29, 0.717) is 18.6 Å². The smallest absolute Gasteiger partial charge is 0.325 e. The molecule has 4 rings (SSSR count). The second-order valence-corrected chi connectivity index (χ2v) is 8.04. The Morgan fingerprint density at radius 3 is 2.00 bits per heavy atom. The van der Waals surface area contributed by atoms with E-state index in [0.717, 1.165) is 22.3 Å². The molecule has 1 aliphatic rings. The minimum atomic E-state index is -1.03. The predicted molar refractivity (Wildman–Crippen MR) is 120 cm³/mol. The first-order valence-corrected chi connectivity index (χ1v) is 10.4. The first-order valence-electron chi connectivity index (χ1n) is 10.4. The molecule has 1 N–H and O–H groups in total. The number of hydrogen-bond donors (Lipinski definition) is 1. The van der Waals surface area contributed by atoms with Crippen LogP contribution in [0.3, 0.4) is 0 Å². The molecule has 3 aromatic rings. The van der Waals surface area contributed by atoms with E-state index in [2.05, 4.69) is 5.32 Å². The van der Waals surface area contributed by atoms with Crippen LogP contribution < -0.4 is 10.1 Å². The molecule has 0 unspecified atom stereocenters. The van der Waals surface area contributed by atoms with Gasteiger partial charge in [0.1, 0.15) is 11.3 Å². The number of imide groups is 1. The van der Waals surface area contributed by atoms with Crippen molar-refractivity contribution in [3.05, 3.63) is 101 Å². The molecule has 1 aliphatic heterocycles. The van der Waals surface area contributed by atoms with Gasteiger partial charge in [-0.2, -0.15) is 0 Å². The molecule has 3 aromatic carbocycles. The van der Waals surface area contributed by atoms with Crippen LogP contribution in [0, 0.1) is 6.92 Å². The quantitative estimate of drug-likeness (QED) is 0.587. The first kappa shape index (κ1) is 20.7. The summed E-state index contributed by atoms with van der Waals surface area (Å²) < 4.78 is 5.45. The highest BCUT2D eigenvalue weighted by Gasteiger charge is 2.51. The summed E-state index contributed by atoms with van der Waals surface area (Å²) >= 11 is 0. The Morgan fingerprint density at radius 1 is 0.871 bits per heavy atom. The molecule has 1 heterocycles. The molecular formula is C26H26N2O3. The van der Waals surface area contributed by atoms with Crippen LogP contribution >= 0.6 is 0 Å². The average molecular weight is 415 g/mol. The minimum Gasteiger partial charge on any atom is -0.496 e. The molecule has 0 bridgehead atoms. The Bertz CT molecular complexity index is 1040. The predicted octanol–water partition coefficient (Wildman–Crippen LogP) is 4.28. The van der Waals surface area contributed by atoms with Gasteiger partial charge >= 0.3 is 6.03 Å². The molecule has 0 aliphatic carbocycles. The van der Waals surface area contributed by atoms with Gasteiger partial charge in [-0.3, -0.25) is 9.69 Å². The monoisotopic (exact) mass is 414 g/mol. The maximum atomic E-state index is 13.7. The van der Waals surface area contributed by atoms with Crippen LogP contribution in [0.2, 0.25) is 0 Å². The molecule has 0 atom stereocenters. The Labute approximate surface area is 182 Å². The average Bonchev–Trinajstić information content (AvgIpc) is 2.99. The molecule has 5 nitrogen and oxygen atoms in total. The number of ether oxygens (including phenoxy) is 1. The number of nitrogens with zero attached hydrogens (tertiary/aromatic N) is 1. The molecule has 5 heteroatoms. The van der Waals surface area contributed by atoms with Crippen LogP contribution in [-0.2, 0) is 24.2 Å². The molecule has 1 saturated heterocycles. The summed E-state index contributed by atoms with van der Waals surface area (Å²) in [6, 6.07) is 25.0. The topological polar surface area (TPSA) is 58.6 Å². The Hall–Kier alpha value is -3.60. The zero-order chi connectivity index (χ0) is 21.8. The third-order valence-electron chi connectivity index (χ3n) is 5.71. The lowest BCUT2D eigenvalue weighted by Crippen LogP contribution is -2.51. The van der Waals surface area contributed by atoms with Gasteiger partial charge in [0.05, 0.1) is 13.7 Å². The summed E-state index contributed by atoms with van der Waals surface area (Å²) in [5, 5.41) is 3.03. The summed E-state index contributed by atoms with van der Waals surface area (Å²) in [6.07, 6.45) is 0.851. The van der Waals surface area contributed by atoms with Crippen molar-refractivity contribution in [2.75, 3.05) is 7.11 Å². The Balaban J connectivity index is 1.68. The van der Waals surface area contributed by atoms with Crippen molar-refractivity contribution in [3.8, 4) is 5.75 Å². The van der Waals surface area contributed by atoms with Crippen LogP contribution in [0.15, 0.2) is 78.9 Å². The van der Waals surface area contributed by atoms with Gasteiger partial charge in [0, 0.05) is 18.4 Å². The lowest BCUT2D eigenvalue weighted by atomic mass is 9.84. The fourth-order valence-electron chi connectivity index (χ4n) is 4.21. The van der Waals surface area contributed by atoms with Gasteiger partial charge in [0.25, 0.3) is 5.91 Å². The minimum absolute atomic E-state index is 0.168. The van der Waals surface area contributed by atoms with Crippen molar-refractivity contribution in [2.24, 2.45) is 0 Å². The van der Waals surface area contributed by atoms with Gasteiger partial charge in [0.2, 0.25) is 0 Å². The fourth-order valence-corrected chi connectivity index (χ4v) is 4.21. The van der Waals surface area contributed by atoms with E-state index < -0.39 is 5.54 Å². The second kappa shape index (κ2) is 8.64. The van der Waals surface area contributed by atoms with Gasteiger partial charge in [0.15, 0.2) is 0 Å². The summed E-state index contributed by atoms with van der Waals surface area (Å²) in [6.45, 7) is 2.14. The zero-order valence-corrected chi connectivity index (χ0v) is 17.8. The number of urea groups is 1. The number of benzene rings is 3.